The van der Waals surface area contributed by atoms with E-state index in [1.807, 2.05) is 12.1 Å². The number of carbonyl (C=O) groups excluding carboxylic acids is 1. The maximum absolute atomic E-state index is 12.6. The first kappa shape index (κ1) is 17.2. The molecule has 1 aromatic carbocycles. The largest absolute Gasteiger partial charge is 0.383 e. The Hall–Kier alpha value is -2.67. The number of aromatic amines is 1. The van der Waals surface area contributed by atoms with Gasteiger partial charge in [0.05, 0.1) is 6.04 Å². The number of benzene rings is 1. The minimum absolute atomic E-state index is 0.00241. The normalized spacial score (nSPS) is 17.1. The molecule has 7 heteroatoms. The third kappa shape index (κ3) is 4.06. The molecular weight excluding hydrogens is 318 g/mol. The molecule has 1 amide bonds. The van der Waals surface area contributed by atoms with Gasteiger partial charge in [0, 0.05) is 25.6 Å². The molecule has 2 aromatic rings. The monoisotopic (exact) mass is 341 g/mol. The highest BCUT2D eigenvalue weighted by molar-refractivity contribution is 5.82. The summed E-state index contributed by atoms with van der Waals surface area (Å²) in [5.74, 6) is 0.667. The average molecular weight is 341 g/mol. The van der Waals surface area contributed by atoms with E-state index in [2.05, 4.69) is 39.2 Å². The van der Waals surface area contributed by atoms with Crippen molar-refractivity contribution in [3.63, 3.8) is 0 Å². The van der Waals surface area contributed by atoms with Gasteiger partial charge in [0.25, 0.3) is 5.56 Å². The van der Waals surface area contributed by atoms with Crippen molar-refractivity contribution in [1.82, 2.24) is 20.2 Å². The molecular formula is C18H23N5O2. The van der Waals surface area contributed by atoms with Crippen LogP contribution in [0.2, 0.25) is 0 Å². The van der Waals surface area contributed by atoms with Crippen molar-refractivity contribution >= 4 is 11.7 Å². The van der Waals surface area contributed by atoms with Crippen molar-refractivity contribution in [3.8, 4) is 0 Å². The van der Waals surface area contributed by atoms with Gasteiger partial charge in [0.1, 0.15) is 11.6 Å². The number of H-pyrrole nitrogens is 1. The molecule has 1 atom stereocenters. The van der Waals surface area contributed by atoms with Crippen molar-refractivity contribution in [2.75, 3.05) is 18.8 Å². The van der Waals surface area contributed by atoms with Gasteiger partial charge < -0.3 is 16.0 Å². The molecule has 0 saturated heterocycles. The Morgan fingerprint density at radius 2 is 2.16 bits per heavy atom. The minimum Gasteiger partial charge on any atom is -0.383 e. The van der Waals surface area contributed by atoms with Crippen LogP contribution in [0, 0.1) is 0 Å². The summed E-state index contributed by atoms with van der Waals surface area (Å²) in [6.07, 6.45) is 1.14. The number of nitrogens with two attached hydrogens (primary N) is 1. The van der Waals surface area contributed by atoms with Crippen LogP contribution in [-0.2, 0) is 24.2 Å². The van der Waals surface area contributed by atoms with E-state index in [0.717, 1.165) is 13.1 Å². The molecule has 1 aliphatic rings. The zero-order valence-electron chi connectivity index (χ0n) is 14.3. The Kier molecular flexibility index (Phi) is 5.14. The summed E-state index contributed by atoms with van der Waals surface area (Å²) >= 11 is 0. The molecule has 0 saturated carbocycles. The molecule has 0 radical (unpaired) electrons. The highest BCUT2D eigenvalue weighted by Gasteiger charge is 2.30. The minimum atomic E-state index is -0.283. The van der Waals surface area contributed by atoms with Gasteiger partial charge in [-0.25, -0.2) is 4.98 Å². The summed E-state index contributed by atoms with van der Waals surface area (Å²) < 4.78 is 0. The Bertz CT molecular complexity index is 817. The number of aromatic nitrogens is 2. The summed E-state index contributed by atoms with van der Waals surface area (Å²) in [5, 5.41) is 2.95. The number of nitrogen functional groups attached to an aromatic ring is 1. The number of nitrogens with zero attached hydrogens (tertiary/aromatic N) is 2. The number of anilines is 1. The van der Waals surface area contributed by atoms with Crippen LogP contribution in [0.15, 0.2) is 35.1 Å². The lowest BCUT2D eigenvalue weighted by Gasteiger charge is -2.35. The number of fused-ring (bicyclic) bond motifs is 1. The second-order valence-electron chi connectivity index (χ2n) is 6.21. The SMILES string of the molecule is CCN1Cc2ccccc2CC1C(=O)NCCc1nc(N)cc(=O)[nH]1. The fraction of sp³-hybridized carbons (Fsp3) is 0.389. The van der Waals surface area contributed by atoms with Crippen LogP contribution in [0.3, 0.4) is 0 Å². The Morgan fingerprint density at radius 3 is 2.88 bits per heavy atom. The zero-order valence-corrected chi connectivity index (χ0v) is 14.3. The van der Waals surface area contributed by atoms with Gasteiger partial charge >= 0.3 is 0 Å². The maximum atomic E-state index is 12.6. The number of hydrogen-bond donors (Lipinski definition) is 3. The number of likely N-dealkylation sites (N-methyl/N-ethyl adjacent to an activating group) is 1. The van der Waals surface area contributed by atoms with Gasteiger partial charge in [0.15, 0.2) is 0 Å². The summed E-state index contributed by atoms with van der Waals surface area (Å²) in [4.78, 5) is 32.9. The van der Waals surface area contributed by atoms with E-state index in [1.165, 1.54) is 17.2 Å². The van der Waals surface area contributed by atoms with Crippen LogP contribution >= 0.6 is 0 Å². The Morgan fingerprint density at radius 1 is 1.40 bits per heavy atom. The van der Waals surface area contributed by atoms with Gasteiger partial charge in [-0.15, -0.1) is 0 Å². The molecule has 0 aliphatic carbocycles. The van der Waals surface area contributed by atoms with E-state index < -0.39 is 0 Å². The molecule has 0 bridgehead atoms. The van der Waals surface area contributed by atoms with Crippen molar-refractivity contribution in [3.05, 3.63) is 57.6 Å². The quantitative estimate of drug-likeness (QED) is 0.733. The first-order chi connectivity index (χ1) is 12.1. The predicted octanol–water partition coefficient (Wildman–Crippen LogP) is 0.458. The second-order valence-corrected chi connectivity index (χ2v) is 6.21. The van der Waals surface area contributed by atoms with Crippen LogP contribution in [0.1, 0.15) is 23.9 Å². The molecule has 1 aromatic heterocycles. The molecule has 132 valence electrons. The van der Waals surface area contributed by atoms with E-state index in [1.54, 1.807) is 0 Å². The van der Waals surface area contributed by atoms with E-state index in [0.29, 0.717) is 25.2 Å². The summed E-state index contributed by atoms with van der Waals surface area (Å²) in [6.45, 7) is 4.07. The smallest absolute Gasteiger partial charge is 0.252 e. The van der Waals surface area contributed by atoms with Gasteiger partial charge in [-0.05, 0) is 24.1 Å². The molecule has 1 unspecified atom stereocenters. The molecule has 2 heterocycles. The zero-order chi connectivity index (χ0) is 17.8. The fourth-order valence-corrected chi connectivity index (χ4v) is 3.24. The number of rotatable bonds is 5. The lowest BCUT2D eigenvalue weighted by atomic mass is 9.93. The van der Waals surface area contributed by atoms with E-state index >= 15 is 0 Å². The molecule has 25 heavy (non-hydrogen) atoms. The highest BCUT2D eigenvalue weighted by Crippen LogP contribution is 2.23. The van der Waals surface area contributed by atoms with Crippen molar-refractivity contribution in [2.45, 2.75) is 32.4 Å². The van der Waals surface area contributed by atoms with Crippen molar-refractivity contribution in [2.24, 2.45) is 0 Å². The Balaban J connectivity index is 1.61. The third-order valence-corrected chi connectivity index (χ3v) is 4.53. The third-order valence-electron chi connectivity index (χ3n) is 4.53. The van der Waals surface area contributed by atoms with E-state index in [9.17, 15) is 9.59 Å². The number of nitrogens with one attached hydrogen (secondary N) is 2. The van der Waals surface area contributed by atoms with Gasteiger partial charge in [0.2, 0.25) is 5.91 Å². The predicted molar refractivity (Wildman–Crippen MR) is 96.0 cm³/mol. The topological polar surface area (TPSA) is 104 Å². The first-order valence-electron chi connectivity index (χ1n) is 8.51. The summed E-state index contributed by atoms with van der Waals surface area (Å²) in [5.41, 5.74) is 7.80. The van der Waals surface area contributed by atoms with Gasteiger partial charge in [-0.1, -0.05) is 31.2 Å². The molecule has 1 aliphatic heterocycles. The fourth-order valence-electron chi connectivity index (χ4n) is 3.24. The average Bonchev–Trinajstić information content (AvgIpc) is 2.59. The molecule has 7 nitrogen and oxygen atoms in total. The number of hydrogen-bond acceptors (Lipinski definition) is 5. The molecule has 4 N–H and O–H groups in total. The van der Waals surface area contributed by atoms with E-state index in [4.69, 9.17) is 5.73 Å². The van der Waals surface area contributed by atoms with Crippen LogP contribution in [0.4, 0.5) is 5.82 Å². The lowest BCUT2D eigenvalue weighted by molar-refractivity contribution is -0.126. The van der Waals surface area contributed by atoms with Crippen molar-refractivity contribution < 1.29 is 4.79 Å². The highest BCUT2D eigenvalue weighted by atomic mass is 16.2. The van der Waals surface area contributed by atoms with Crippen molar-refractivity contribution in [1.29, 1.82) is 0 Å². The number of carbonyl (C=O) groups is 1. The molecule has 0 fully saturated rings. The Labute approximate surface area is 146 Å². The summed E-state index contributed by atoms with van der Waals surface area (Å²) in [6, 6.07) is 9.31. The summed E-state index contributed by atoms with van der Waals surface area (Å²) in [7, 11) is 0. The van der Waals surface area contributed by atoms with Crippen LogP contribution < -0.4 is 16.6 Å². The van der Waals surface area contributed by atoms with Gasteiger partial charge in [-0.3, -0.25) is 14.5 Å². The van der Waals surface area contributed by atoms with Crippen LogP contribution in [0.25, 0.3) is 0 Å². The number of amides is 1. The standard InChI is InChI=1S/C18H23N5O2/c1-2-23-11-13-6-4-3-5-12(13)9-14(23)18(25)20-8-7-16-21-15(19)10-17(24)22-16/h3-6,10,14H,2,7-9,11H2,1H3,(H,20,25)(H3,19,21,22,24). The van der Waals surface area contributed by atoms with Crippen LogP contribution in [0.5, 0.6) is 0 Å². The van der Waals surface area contributed by atoms with Gasteiger partial charge in [-0.2, -0.15) is 0 Å². The maximum Gasteiger partial charge on any atom is 0.252 e. The molecule has 3 rings (SSSR count). The first-order valence-corrected chi connectivity index (χ1v) is 8.51. The lowest BCUT2D eigenvalue weighted by Crippen LogP contribution is -2.50. The van der Waals surface area contributed by atoms with E-state index in [-0.39, 0.29) is 23.3 Å². The molecule has 0 spiro atoms. The second kappa shape index (κ2) is 7.48. The van der Waals surface area contributed by atoms with Crippen LogP contribution in [-0.4, -0.2) is 39.9 Å².